The monoisotopic (exact) mass is 523 g/mol. The molecule has 0 aliphatic rings. The minimum absolute atomic E-state index is 0. The predicted molar refractivity (Wildman–Crippen MR) is 117 cm³/mol. The van der Waals surface area contributed by atoms with Crippen molar-refractivity contribution in [3.8, 4) is 0 Å². The molecule has 175 valence electrons. The number of aromatic nitrogens is 2. The summed E-state index contributed by atoms with van der Waals surface area (Å²) in [5.74, 6) is 0.754. The molecular weight excluding hydrogens is 498 g/mol. The van der Waals surface area contributed by atoms with Crippen molar-refractivity contribution < 1.29 is 45.5 Å². The van der Waals surface area contributed by atoms with E-state index >= 15 is 0 Å². The molecule has 2 aromatic rings. The van der Waals surface area contributed by atoms with Crippen LogP contribution in [0.3, 0.4) is 0 Å². The number of anilines is 1. The Balaban J connectivity index is 0.00000512. The van der Waals surface area contributed by atoms with Gasteiger partial charge >= 0.3 is 7.82 Å². The number of carbonyl (C=O) groups is 2. The summed E-state index contributed by atoms with van der Waals surface area (Å²) in [7, 11) is -4.65. The van der Waals surface area contributed by atoms with E-state index in [2.05, 4.69) is 14.5 Å². The number of phosphoric ester groups is 1. The minimum Gasteiger partial charge on any atom is -0.383 e. The van der Waals surface area contributed by atoms with Crippen LogP contribution in [0.1, 0.15) is 35.1 Å². The van der Waals surface area contributed by atoms with Gasteiger partial charge in [-0.05, 0) is 20.3 Å². The Hall–Kier alpha value is -1.78. The number of rotatable bonds is 11. The van der Waals surface area contributed by atoms with Gasteiger partial charge in [-0.15, -0.1) is 0 Å². The van der Waals surface area contributed by atoms with Crippen molar-refractivity contribution in [2.24, 2.45) is 0 Å². The predicted octanol–water partition coefficient (Wildman–Crippen LogP) is 2.15. The smallest absolute Gasteiger partial charge is 0.383 e. The summed E-state index contributed by atoms with van der Waals surface area (Å²) >= 11 is 0.982. The molecule has 1 aromatic heterocycles. The van der Waals surface area contributed by atoms with Crippen LogP contribution in [0.25, 0.3) is 0 Å². The van der Waals surface area contributed by atoms with E-state index in [9.17, 15) is 14.2 Å². The van der Waals surface area contributed by atoms with E-state index < -0.39 is 19.1 Å². The van der Waals surface area contributed by atoms with Gasteiger partial charge in [-0.1, -0.05) is 42.1 Å². The Morgan fingerprint density at radius 1 is 1.34 bits per heavy atom. The summed E-state index contributed by atoms with van der Waals surface area (Å²) in [6.45, 7) is 3.28. The first-order valence-electron chi connectivity index (χ1n) is 9.36. The number of hydrogen-bond donors (Lipinski definition) is 3. The van der Waals surface area contributed by atoms with E-state index in [-0.39, 0.29) is 47.6 Å². The first-order chi connectivity index (χ1) is 14.6. The Morgan fingerprint density at radius 2 is 2.00 bits per heavy atom. The van der Waals surface area contributed by atoms with Gasteiger partial charge in [0.25, 0.3) is 0 Å². The fourth-order valence-corrected chi connectivity index (χ4v) is 4.25. The second-order valence-electron chi connectivity index (χ2n) is 6.77. The van der Waals surface area contributed by atoms with Crippen LogP contribution in [-0.4, -0.2) is 54.1 Å². The number of aryl methyl sites for hydroxylation is 1. The Bertz CT molecular complexity index is 949. The van der Waals surface area contributed by atoms with Gasteiger partial charge in [0, 0.05) is 45.7 Å². The molecule has 0 bridgehead atoms. The van der Waals surface area contributed by atoms with Crippen molar-refractivity contribution in [2.75, 3.05) is 12.3 Å². The van der Waals surface area contributed by atoms with Gasteiger partial charge < -0.3 is 20.4 Å². The van der Waals surface area contributed by atoms with Crippen LogP contribution < -0.4 is 5.73 Å². The van der Waals surface area contributed by atoms with Crippen LogP contribution in [0.5, 0.6) is 0 Å². The number of thioether (sulfide) groups is 1. The van der Waals surface area contributed by atoms with Crippen molar-refractivity contribution >= 4 is 36.9 Å². The topological polar surface area (TPSA) is 156 Å². The van der Waals surface area contributed by atoms with E-state index in [4.69, 9.17) is 15.5 Å². The van der Waals surface area contributed by atoms with Gasteiger partial charge in [0.05, 0.1) is 13.2 Å². The maximum Gasteiger partial charge on any atom is 0.469 e. The quantitative estimate of drug-likeness (QED) is 0.227. The first kappa shape index (κ1) is 28.3. The summed E-state index contributed by atoms with van der Waals surface area (Å²) in [4.78, 5) is 52.1. The summed E-state index contributed by atoms with van der Waals surface area (Å²) < 4.78 is 15.6. The number of nitrogens with two attached hydrogens (primary N) is 1. The molecule has 0 spiro atoms. The third kappa shape index (κ3) is 8.99. The summed E-state index contributed by atoms with van der Waals surface area (Å²) in [5.41, 5.74) is 6.96. The van der Waals surface area contributed by atoms with Crippen LogP contribution in [0.4, 0.5) is 5.82 Å². The molecule has 10 nitrogen and oxygen atoms in total. The second kappa shape index (κ2) is 13.1. The molecule has 2 unspecified atom stereocenters. The standard InChI is InChI=1S/C19H25N4O6PS.Mn/c1-13(23(12-24)11-16-10-21-14(2)22-18(16)20)17(8-9-29-30(26,27)28)31-19(25)15-6-4-3-5-7-15;/h3-7,10,12-13,17H,8-9,11H2,1-2H3,(H2,20,21,22)(H2,26,27,28);. The van der Waals surface area contributed by atoms with Crippen LogP contribution in [0, 0.1) is 6.92 Å². The molecule has 32 heavy (non-hydrogen) atoms. The Kier molecular flexibility index (Phi) is 11.5. The Morgan fingerprint density at radius 3 is 2.56 bits per heavy atom. The molecule has 1 radical (unpaired) electrons. The molecule has 0 saturated carbocycles. The number of hydrogen-bond acceptors (Lipinski definition) is 8. The van der Waals surface area contributed by atoms with Crippen molar-refractivity contribution in [3.05, 3.63) is 53.5 Å². The van der Waals surface area contributed by atoms with Crippen LogP contribution in [0.2, 0.25) is 0 Å². The average Bonchev–Trinajstić information content (AvgIpc) is 2.71. The van der Waals surface area contributed by atoms with E-state index in [0.29, 0.717) is 23.4 Å². The van der Waals surface area contributed by atoms with E-state index in [0.717, 1.165) is 11.8 Å². The normalized spacial score (nSPS) is 13.0. The molecule has 13 heteroatoms. The fourth-order valence-electron chi connectivity index (χ4n) is 2.79. The molecule has 1 heterocycles. The zero-order valence-electron chi connectivity index (χ0n) is 17.5. The molecule has 4 N–H and O–H groups in total. The van der Waals surface area contributed by atoms with Gasteiger partial charge in [-0.3, -0.25) is 14.1 Å². The number of amides is 1. The third-order valence-corrected chi connectivity index (χ3v) is 6.40. The number of nitrogen functional groups attached to an aromatic ring is 1. The second-order valence-corrected chi connectivity index (χ2v) is 9.22. The van der Waals surface area contributed by atoms with E-state index in [1.54, 1.807) is 44.2 Å². The zero-order valence-corrected chi connectivity index (χ0v) is 20.4. The van der Waals surface area contributed by atoms with Crippen LogP contribution in [0.15, 0.2) is 36.5 Å². The molecule has 0 aliphatic heterocycles. The molecule has 0 aliphatic carbocycles. The van der Waals surface area contributed by atoms with Gasteiger partial charge in [0.2, 0.25) is 11.5 Å². The third-order valence-electron chi connectivity index (χ3n) is 4.50. The zero-order chi connectivity index (χ0) is 23.0. The Labute approximate surface area is 201 Å². The van der Waals surface area contributed by atoms with Crippen molar-refractivity contribution in [1.29, 1.82) is 0 Å². The largest absolute Gasteiger partial charge is 0.469 e. The first-order valence-corrected chi connectivity index (χ1v) is 11.8. The summed E-state index contributed by atoms with van der Waals surface area (Å²) in [6, 6.07) is 8.12. The number of phosphoric acid groups is 1. The maximum atomic E-state index is 12.7. The van der Waals surface area contributed by atoms with Gasteiger partial charge in [0.15, 0.2) is 0 Å². The number of carbonyl (C=O) groups excluding carboxylic acids is 2. The molecule has 1 aromatic carbocycles. The van der Waals surface area contributed by atoms with Gasteiger partial charge in [0.1, 0.15) is 11.6 Å². The fraction of sp³-hybridized carbons (Fsp3) is 0.368. The molecule has 2 rings (SSSR count). The van der Waals surface area contributed by atoms with Gasteiger partial charge in [-0.25, -0.2) is 14.5 Å². The summed E-state index contributed by atoms with van der Waals surface area (Å²) in [5, 5.41) is -0.727. The molecule has 0 fully saturated rings. The van der Waals surface area contributed by atoms with E-state index in [1.165, 1.54) is 11.1 Å². The van der Waals surface area contributed by atoms with Crippen LogP contribution >= 0.6 is 19.6 Å². The maximum absolute atomic E-state index is 12.7. The average molecular weight is 523 g/mol. The van der Waals surface area contributed by atoms with Crippen molar-refractivity contribution in [1.82, 2.24) is 14.9 Å². The van der Waals surface area contributed by atoms with Crippen molar-refractivity contribution in [3.63, 3.8) is 0 Å². The molecule has 1 amide bonds. The molecular formula is C19H25MnN4O6PS. The SMILES string of the molecule is Cc1ncc(CN(C=O)C(C)C(CCOP(=O)(O)O)SC(=O)c2ccccc2)c(N)n1.[Mn]. The summed E-state index contributed by atoms with van der Waals surface area (Å²) in [6.07, 6.45) is 2.29. The molecule has 0 saturated heterocycles. The van der Waals surface area contributed by atoms with Gasteiger partial charge in [-0.2, -0.15) is 0 Å². The van der Waals surface area contributed by atoms with E-state index in [1.807, 2.05) is 0 Å². The molecule has 2 atom stereocenters. The van der Waals surface area contributed by atoms with Crippen molar-refractivity contribution in [2.45, 2.75) is 38.1 Å². The minimum atomic E-state index is -4.65. The number of benzene rings is 1. The number of nitrogens with zero attached hydrogens (tertiary/aromatic N) is 3. The van der Waals surface area contributed by atoms with Crippen LogP contribution in [-0.2, 0) is 37.5 Å².